The van der Waals surface area contributed by atoms with Crippen molar-refractivity contribution < 1.29 is 37.4 Å². The lowest BCUT2D eigenvalue weighted by atomic mass is 10.2. The summed E-state index contributed by atoms with van der Waals surface area (Å²) >= 11 is 0. The minimum atomic E-state index is -3.02. The molecule has 2 heterocycles. The lowest BCUT2D eigenvalue weighted by Gasteiger charge is -2.12. The van der Waals surface area contributed by atoms with Gasteiger partial charge in [-0.05, 0) is 56.0 Å². The number of aromatic nitrogens is 2. The van der Waals surface area contributed by atoms with Crippen molar-refractivity contribution in [1.29, 1.82) is 0 Å². The van der Waals surface area contributed by atoms with E-state index >= 15 is 0 Å². The van der Waals surface area contributed by atoms with Crippen molar-refractivity contribution in [3.63, 3.8) is 0 Å². The maximum absolute atomic E-state index is 12.9. The van der Waals surface area contributed by atoms with Crippen molar-refractivity contribution in [3.8, 4) is 23.0 Å². The maximum atomic E-state index is 12.9. The Morgan fingerprint density at radius 1 is 1.18 bits per heavy atom. The average Bonchev–Trinajstić information content (AvgIpc) is 3.56. The Bertz CT molecular complexity index is 1270. The van der Waals surface area contributed by atoms with Gasteiger partial charge in [0.2, 0.25) is 5.89 Å². The minimum Gasteiger partial charge on any atom is -0.489 e. The summed E-state index contributed by atoms with van der Waals surface area (Å²) in [5.41, 5.74) is 6.47. The number of ether oxygens (including phenoxy) is 2. The van der Waals surface area contributed by atoms with Crippen LogP contribution in [0.15, 0.2) is 40.8 Å². The number of alkyl halides is 2. The number of hydrogen-bond acceptors (Lipinski definition) is 8. The number of carbonyl (C=O) groups is 2. The van der Waals surface area contributed by atoms with Gasteiger partial charge < -0.3 is 30.0 Å². The van der Waals surface area contributed by atoms with Crippen LogP contribution in [0.1, 0.15) is 58.2 Å². The van der Waals surface area contributed by atoms with Crippen LogP contribution < -0.4 is 20.5 Å². The van der Waals surface area contributed by atoms with Crippen LogP contribution >= 0.6 is 24.8 Å². The number of oxazole rings is 1. The normalized spacial score (nSPS) is 13.2. The first kappa shape index (κ1) is 30.7. The van der Waals surface area contributed by atoms with Crippen LogP contribution in [-0.2, 0) is 6.54 Å². The third kappa shape index (κ3) is 7.76. The van der Waals surface area contributed by atoms with E-state index in [1.807, 2.05) is 0 Å². The summed E-state index contributed by atoms with van der Waals surface area (Å²) in [7, 11) is 0. The number of amides is 1. The molecule has 2 aromatic heterocycles. The summed E-state index contributed by atoms with van der Waals surface area (Å²) in [5, 5.41) is 11.7. The number of aromatic carboxylic acids is 1. The third-order valence-electron chi connectivity index (χ3n) is 5.32. The molecule has 0 bridgehead atoms. The summed E-state index contributed by atoms with van der Waals surface area (Å²) in [6.07, 6.45) is 2.02. The Morgan fingerprint density at radius 3 is 2.55 bits per heavy atom. The zero-order chi connectivity index (χ0) is 25.8. The van der Waals surface area contributed by atoms with Gasteiger partial charge >= 0.3 is 12.6 Å². The molecule has 1 aromatic carbocycles. The molecule has 0 spiro atoms. The van der Waals surface area contributed by atoms with Crippen LogP contribution in [0, 0.1) is 5.92 Å². The van der Waals surface area contributed by atoms with E-state index in [1.54, 1.807) is 13.0 Å². The first-order valence-corrected chi connectivity index (χ1v) is 11.2. The molecule has 1 aliphatic carbocycles. The molecule has 0 radical (unpaired) electrons. The van der Waals surface area contributed by atoms with E-state index in [4.69, 9.17) is 20.0 Å². The van der Waals surface area contributed by atoms with Crippen LogP contribution in [0.2, 0.25) is 0 Å². The van der Waals surface area contributed by atoms with E-state index in [9.17, 15) is 18.4 Å². The number of nitrogens with one attached hydrogen (secondary N) is 1. The molecular formula is C24H26Cl2F2N4O6. The largest absolute Gasteiger partial charge is 0.489 e. The molecule has 1 saturated carbocycles. The van der Waals surface area contributed by atoms with E-state index in [0.717, 1.165) is 12.8 Å². The van der Waals surface area contributed by atoms with Gasteiger partial charge in [0.15, 0.2) is 23.0 Å². The van der Waals surface area contributed by atoms with Crippen LogP contribution in [0.25, 0.3) is 11.5 Å². The lowest BCUT2D eigenvalue weighted by molar-refractivity contribution is -0.0515. The fourth-order valence-corrected chi connectivity index (χ4v) is 3.32. The van der Waals surface area contributed by atoms with Gasteiger partial charge in [0.05, 0.1) is 24.9 Å². The van der Waals surface area contributed by atoms with Crippen LogP contribution in [0.4, 0.5) is 8.78 Å². The number of hydrogen-bond donors (Lipinski definition) is 3. The molecule has 14 heteroatoms. The second-order valence-corrected chi connectivity index (χ2v) is 8.32. The molecule has 10 nitrogen and oxygen atoms in total. The summed E-state index contributed by atoms with van der Waals surface area (Å²) < 4.78 is 41.7. The monoisotopic (exact) mass is 574 g/mol. The second kappa shape index (κ2) is 13.4. The van der Waals surface area contributed by atoms with E-state index in [2.05, 4.69) is 20.0 Å². The molecule has 1 aliphatic rings. The molecule has 0 aliphatic heterocycles. The minimum absolute atomic E-state index is 0. The first-order valence-electron chi connectivity index (χ1n) is 11.2. The quantitative estimate of drug-likeness (QED) is 0.298. The molecule has 1 atom stereocenters. The highest BCUT2D eigenvalue weighted by molar-refractivity contribution is 5.94. The van der Waals surface area contributed by atoms with E-state index in [1.165, 1.54) is 30.3 Å². The first-order chi connectivity index (χ1) is 17.2. The smallest absolute Gasteiger partial charge is 0.387 e. The number of pyridine rings is 1. The zero-order valence-electron chi connectivity index (χ0n) is 20.1. The molecule has 206 valence electrons. The van der Waals surface area contributed by atoms with Gasteiger partial charge in [0.1, 0.15) is 5.69 Å². The molecular weight excluding hydrogens is 549 g/mol. The Labute approximate surface area is 228 Å². The van der Waals surface area contributed by atoms with Crippen molar-refractivity contribution in [2.24, 2.45) is 11.7 Å². The topological polar surface area (TPSA) is 150 Å². The van der Waals surface area contributed by atoms with Crippen molar-refractivity contribution in [1.82, 2.24) is 15.3 Å². The summed E-state index contributed by atoms with van der Waals surface area (Å²) in [6.45, 7) is -1.10. The molecule has 3 aromatic rings. The number of halogens is 4. The average molecular weight is 575 g/mol. The molecule has 4 rings (SSSR count). The number of carboxylic acids is 1. The summed E-state index contributed by atoms with van der Waals surface area (Å²) in [6, 6.07) is 7.98. The fraction of sp³-hybridized carbons (Fsp3) is 0.333. The van der Waals surface area contributed by atoms with Crippen LogP contribution in [0.5, 0.6) is 11.5 Å². The lowest BCUT2D eigenvalue weighted by Crippen LogP contribution is -2.26. The number of nitrogens with zero attached hydrogens (tertiary/aromatic N) is 2. The van der Waals surface area contributed by atoms with Crippen molar-refractivity contribution in [3.05, 3.63) is 59.2 Å². The number of nitrogens with two attached hydrogens (primary N) is 1. The predicted octanol–water partition coefficient (Wildman–Crippen LogP) is 4.62. The highest BCUT2D eigenvalue weighted by atomic mass is 35.5. The summed E-state index contributed by atoms with van der Waals surface area (Å²) in [4.78, 5) is 32.2. The van der Waals surface area contributed by atoms with Crippen molar-refractivity contribution in [2.45, 2.75) is 39.0 Å². The second-order valence-electron chi connectivity index (χ2n) is 8.32. The SMILES string of the molecule is CC(N)c1oc(-c2ccc(OC(F)F)c(OCC3CC3)c2)nc1C(=O)NCc1cccc(C(=O)O)n1.Cl.Cl. The predicted molar refractivity (Wildman–Crippen MR) is 136 cm³/mol. The van der Waals surface area contributed by atoms with Gasteiger partial charge in [0.25, 0.3) is 5.91 Å². The molecule has 0 saturated heterocycles. The fourth-order valence-electron chi connectivity index (χ4n) is 3.32. The zero-order valence-corrected chi connectivity index (χ0v) is 21.7. The number of carboxylic acid groups (broad SMARTS) is 1. The Hall–Kier alpha value is -3.48. The van der Waals surface area contributed by atoms with Gasteiger partial charge in [-0.3, -0.25) is 4.79 Å². The van der Waals surface area contributed by atoms with Crippen LogP contribution in [0.3, 0.4) is 0 Å². The van der Waals surface area contributed by atoms with Crippen molar-refractivity contribution >= 4 is 36.7 Å². The molecule has 1 amide bonds. The van der Waals surface area contributed by atoms with E-state index in [0.29, 0.717) is 23.8 Å². The van der Waals surface area contributed by atoms with E-state index in [-0.39, 0.29) is 65.9 Å². The van der Waals surface area contributed by atoms with Crippen LogP contribution in [-0.4, -0.2) is 40.2 Å². The number of rotatable bonds is 11. The van der Waals surface area contributed by atoms with Crippen molar-refractivity contribution in [2.75, 3.05) is 6.61 Å². The highest BCUT2D eigenvalue weighted by Gasteiger charge is 2.26. The Kier molecular flexibility index (Phi) is 10.8. The highest BCUT2D eigenvalue weighted by Crippen LogP contribution is 2.37. The summed E-state index contributed by atoms with van der Waals surface area (Å²) in [5.74, 6) is -1.28. The third-order valence-corrected chi connectivity index (χ3v) is 5.32. The van der Waals surface area contributed by atoms with Gasteiger partial charge in [-0.2, -0.15) is 8.78 Å². The number of carbonyl (C=O) groups excluding carboxylic acids is 1. The van der Waals surface area contributed by atoms with Gasteiger partial charge in [0, 0.05) is 5.56 Å². The van der Waals surface area contributed by atoms with Gasteiger partial charge in [-0.1, -0.05) is 6.07 Å². The maximum Gasteiger partial charge on any atom is 0.387 e. The van der Waals surface area contributed by atoms with E-state index < -0.39 is 24.5 Å². The Balaban J connectivity index is 0.00000253. The molecule has 1 unspecified atom stereocenters. The molecule has 4 N–H and O–H groups in total. The van der Waals surface area contributed by atoms with Gasteiger partial charge in [-0.15, -0.1) is 24.8 Å². The molecule has 1 fully saturated rings. The Morgan fingerprint density at radius 2 is 1.92 bits per heavy atom. The molecule has 38 heavy (non-hydrogen) atoms. The number of benzene rings is 1. The standard InChI is InChI=1S/C24H24F2N4O6.2ClH/c1-12(27)20-19(21(31)28-10-15-3-2-4-16(29-15)23(32)33)30-22(36-20)14-7-8-17(35-24(25)26)18(9-14)34-11-13-5-6-13;;/h2-4,7-9,12-13,24H,5-6,10-11,27H2,1H3,(H,28,31)(H,32,33);2*1H. The van der Waals surface area contributed by atoms with Gasteiger partial charge in [-0.25, -0.2) is 14.8 Å².